The second-order valence-electron chi connectivity index (χ2n) is 4.65. The summed E-state index contributed by atoms with van der Waals surface area (Å²) in [4.78, 5) is 13.2. The molecule has 0 aromatic heterocycles. The van der Waals surface area contributed by atoms with Crippen LogP contribution in [-0.4, -0.2) is 18.9 Å². The molecule has 1 aromatic carbocycles. The number of nitriles is 1. The van der Waals surface area contributed by atoms with Gasteiger partial charge in [0.05, 0.1) is 11.3 Å². The first-order valence-corrected chi connectivity index (χ1v) is 6.06. The van der Waals surface area contributed by atoms with Crippen LogP contribution in [0.3, 0.4) is 0 Å². The van der Waals surface area contributed by atoms with Crippen molar-refractivity contribution in [2.45, 2.75) is 31.7 Å². The summed E-state index contributed by atoms with van der Waals surface area (Å²) in [6.45, 7) is 0. The molecule has 3 nitrogen and oxygen atoms in total. The second-order valence-corrected chi connectivity index (χ2v) is 4.65. The maximum absolute atomic E-state index is 13.1. The average Bonchev–Trinajstić information content (AvgIpc) is 2.38. The zero-order valence-electron chi connectivity index (χ0n) is 10.3. The van der Waals surface area contributed by atoms with E-state index in [-0.39, 0.29) is 6.04 Å². The van der Waals surface area contributed by atoms with Gasteiger partial charge in [-0.3, -0.25) is 4.79 Å². The topological polar surface area (TPSA) is 44.1 Å². The van der Waals surface area contributed by atoms with Gasteiger partial charge in [0.2, 0.25) is 0 Å². The minimum absolute atomic E-state index is 0.250. The van der Waals surface area contributed by atoms with Gasteiger partial charge in [0.15, 0.2) is 0 Å². The van der Waals surface area contributed by atoms with Gasteiger partial charge >= 0.3 is 0 Å². The van der Waals surface area contributed by atoms with Gasteiger partial charge in [-0.1, -0.05) is 0 Å². The Morgan fingerprint density at radius 3 is 2.67 bits per heavy atom. The highest BCUT2D eigenvalue weighted by Gasteiger charge is 2.23. The number of halogens is 1. The summed E-state index contributed by atoms with van der Waals surface area (Å²) >= 11 is 0. The number of ketones is 1. The third kappa shape index (κ3) is 2.51. The van der Waals surface area contributed by atoms with E-state index >= 15 is 0 Å². The lowest BCUT2D eigenvalue weighted by Gasteiger charge is -2.33. The van der Waals surface area contributed by atoms with Crippen molar-refractivity contribution in [3.8, 4) is 6.07 Å². The highest BCUT2D eigenvalue weighted by atomic mass is 19.1. The Hall–Kier alpha value is -1.89. The van der Waals surface area contributed by atoms with Gasteiger partial charge in [0, 0.05) is 25.9 Å². The van der Waals surface area contributed by atoms with Gasteiger partial charge in [0.1, 0.15) is 17.7 Å². The van der Waals surface area contributed by atoms with Crippen LogP contribution in [0.2, 0.25) is 0 Å². The highest BCUT2D eigenvalue weighted by molar-refractivity contribution is 5.79. The van der Waals surface area contributed by atoms with Gasteiger partial charge in [-0.05, 0) is 31.0 Å². The molecule has 0 atom stereocenters. The Labute approximate surface area is 106 Å². The van der Waals surface area contributed by atoms with Crippen LogP contribution >= 0.6 is 0 Å². The van der Waals surface area contributed by atoms with E-state index in [0.29, 0.717) is 24.2 Å². The van der Waals surface area contributed by atoms with E-state index in [0.717, 1.165) is 18.5 Å². The Morgan fingerprint density at radius 2 is 2.06 bits per heavy atom. The molecule has 1 aliphatic rings. The number of hydrogen-bond donors (Lipinski definition) is 0. The smallest absolute Gasteiger partial charge is 0.133 e. The van der Waals surface area contributed by atoms with Gasteiger partial charge in [0.25, 0.3) is 0 Å². The summed E-state index contributed by atoms with van der Waals surface area (Å²) < 4.78 is 13.1. The van der Waals surface area contributed by atoms with E-state index in [1.54, 1.807) is 6.07 Å². The SMILES string of the molecule is CN(c1ccc(F)cc1C#N)C1CCC(=O)CC1. The fourth-order valence-corrected chi connectivity index (χ4v) is 2.41. The third-order valence-electron chi connectivity index (χ3n) is 3.52. The predicted octanol–water partition coefficient (Wildman–Crippen LogP) is 2.65. The lowest BCUT2D eigenvalue weighted by molar-refractivity contribution is -0.120. The van der Waals surface area contributed by atoms with E-state index in [9.17, 15) is 9.18 Å². The Morgan fingerprint density at radius 1 is 1.39 bits per heavy atom. The molecule has 94 valence electrons. The number of carbonyl (C=O) groups excluding carboxylic acids is 1. The monoisotopic (exact) mass is 246 g/mol. The van der Waals surface area contributed by atoms with E-state index in [2.05, 4.69) is 0 Å². The molecule has 2 rings (SSSR count). The molecule has 1 saturated carbocycles. The van der Waals surface area contributed by atoms with Crippen molar-refractivity contribution in [1.29, 1.82) is 5.26 Å². The van der Waals surface area contributed by atoms with Crippen molar-refractivity contribution in [3.63, 3.8) is 0 Å². The number of anilines is 1. The van der Waals surface area contributed by atoms with Crippen LogP contribution in [0.25, 0.3) is 0 Å². The summed E-state index contributed by atoms with van der Waals surface area (Å²) in [7, 11) is 1.90. The van der Waals surface area contributed by atoms with E-state index < -0.39 is 5.82 Å². The summed E-state index contributed by atoms with van der Waals surface area (Å²) in [6, 6.07) is 6.51. The molecule has 0 spiro atoms. The number of nitrogens with zero attached hydrogens (tertiary/aromatic N) is 2. The summed E-state index contributed by atoms with van der Waals surface area (Å²) in [5.41, 5.74) is 1.08. The van der Waals surface area contributed by atoms with Crippen molar-refractivity contribution in [3.05, 3.63) is 29.6 Å². The first kappa shape index (κ1) is 12.6. The molecule has 4 heteroatoms. The first-order valence-electron chi connectivity index (χ1n) is 6.06. The van der Waals surface area contributed by atoms with Crippen molar-refractivity contribution in [2.24, 2.45) is 0 Å². The van der Waals surface area contributed by atoms with E-state index in [1.807, 2.05) is 18.0 Å². The first-order chi connectivity index (χ1) is 8.61. The molecule has 0 heterocycles. The maximum atomic E-state index is 13.1. The van der Waals surface area contributed by atoms with Gasteiger partial charge in [-0.2, -0.15) is 5.26 Å². The lowest BCUT2D eigenvalue weighted by atomic mass is 9.93. The molecular formula is C14H15FN2O. The largest absolute Gasteiger partial charge is 0.371 e. The molecule has 0 radical (unpaired) electrons. The normalized spacial score (nSPS) is 16.4. The van der Waals surface area contributed by atoms with Crippen LogP contribution in [0.5, 0.6) is 0 Å². The average molecular weight is 246 g/mol. The summed E-state index contributed by atoms with van der Waals surface area (Å²) in [6.07, 6.45) is 2.80. The molecule has 0 aliphatic heterocycles. The Balaban J connectivity index is 2.21. The fraction of sp³-hybridized carbons (Fsp3) is 0.429. The van der Waals surface area contributed by atoms with E-state index in [4.69, 9.17) is 5.26 Å². The van der Waals surface area contributed by atoms with Crippen molar-refractivity contribution in [1.82, 2.24) is 0 Å². The zero-order chi connectivity index (χ0) is 13.1. The Kier molecular flexibility index (Phi) is 3.61. The number of carbonyl (C=O) groups is 1. The van der Waals surface area contributed by atoms with Crippen molar-refractivity contribution in [2.75, 3.05) is 11.9 Å². The predicted molar refractivity (Wildman–Crippen MR) is 66.8 cm³/mol. The minimum atomic E-state index is -0.400. The number of benzene rings is 1. The molecule has 0 N–H and O–H groups in total. The van der Waals surface area contributed by atoms with Gasteiger partial charge in [-0.25, -0.2) is 4.39 Å². The number of Topliss-reactive ketones (excluding diaryl/α,β-unsaturated/α-hetero) is 1. The van der Waals surface area contributed by atoms with Crippen LogP contribution in [0.15, 0.2) is 18.2 Å². The summed E-state index contributed by atoms with van der Waals surface area (Å²) in [5, 5.41) is 9.03. The zero-order valence-corrected chi connectivity index (χ0v) is 10.3. The van der Waals surface area contributed by atoms with Gasteiger partial charge in [-0.15, -0.1) is 0 Å². The summed E-state index contributed by atoms with van der Waals surface area (Å²) in [5.74, 6) is -0.0956. The Bertz CT molecular complexity index is 497. The maximum Gasteiger partial charge on any atom is 0.133 e. The molecular weight excluding hydrogens is 231 g/mol. The standard InChI is InChI=1S/C14H15FN2O/c1-17(12-3-5-13(18)6-4-12)14-7-2-11(15)8-10(14)9-16/h2,7-8,12H,3-6H2,1H3. The molecule has 18 heavy (non-hydrogen) atoms. The van der Waals surface area contributed by atoms with Crippen LogP contribution in [0, 0.1) is 17.1 Å². The minimum Gasteiger partial charge on any atom is -0.371 e. The molecule has 1 aromatic rings. The lowest BCUT2D eigenvalue weighted by Crippen LogP contribution is -2.35. The number of rotatable bonds is 2. The molecule has 0 unspecified atom stereocenters. The third-order valence-corrected chi connectivity index (χ3v) is 3.52. The molecule has 0 saturated heterocycles. The van der Waals surface area contributed by atoms with E-state index in [1.165, 1.54) is 12.1 Å². The van der Waals surface area contributed by atoms with Crippen LogP contribution in [0.1, 0.15) is 31.2 Å². The number of hydrogen-bond acceptors (Lipinski definition) is 3. The fourth-order valence-electron chi connectivity index (χ4n) is 2.41. The molecule has 1 fully saturated rings. The second kappa shape index (κ2) is 5.18. The van der Waals surface area contributed by atoms with Gasteiger partial charge < -0.3 is 4.90 Å². The quantitative estimate of drug-likeness (QED) is 0.805. The highest BCUT2D eigenvalue weighted by Crippen LogP contribution is 2.27. The van der Waals surface area contributed by atoms with Crippen LogP contribution in [-0.2, 0) is 4.79 Å². The molecule has 1 aliphatic carbocycles. The van der Waals surface area contributed by atoms with Crippen molar-refractivity contribution >= 4 is 11.5 Å². The van der Waals surface area contributed by atoms with Crippen LogP contribution < -0.4 is 4.90 Å². The molecule has 0 bridgehead atoms. The molecule has 0 amide bonds. The van der Waals surface area contributed by atoms with Crippen molar-refractivity contribution < 1.29 is 9.18 Å². The van der Waals surface area contributed by atoms with Crippen LogP contribution in [0.4, 0.5) is 10.1 Å².